The second kappa shape index (κ2) is 8.64. The van der Waals surface area contributed by atoms with Crippen LogP contribution in [0.3, 0.4) is 0 Å². The first-order valence-corrected chi connectivity index (χ1v) is 5.10. The number of nitrogens with one attached hydrogen (secondary N) is 1. The summed E-state index contributed by atoms with van der Waals surface area (Å²) < 4.78 is 14.9. The quantitative estimate of drug-likeness (QED) is 0.477. The first-order chi connectivity index (χ1) is 7.15. The molecule has 0 saturated heterocycles. The van der Waals surface area contributed by atoms with Gasteiger partial charge in [-0.2, -0.15) is 0 Å². The Labute approximate surface area is 91.1 Å². The lowest BCUT2D eigenvalue weighted by Gasteiger charge is -2.21. The van der Waals surface area contributed by atoms with Crippen LogP contribution in [0.4, 0.5) is 0 Å². The van der Waals surface area contributed by atoms with Gasteiger partial charge in [0.15, 0.2) is 6.29 Å². The monoisotopic (exact) mass is 219 g/mol. The van der Waals surface area contributed by atoms with Crippen LogP contribution >= 0.6 is 0 Å². The Kier molecular flexibility index (Phi) is 8.27. The number of esters is 1. The Morgan fingerprint density at radius 1 is 1.33 bits per heavy atom. The summed E-state index contributed by atoms with van der Waals surface area (Å²) >= 11 is 0. The van der Waals surface area contributed by atoms with Gasteiger partial charge in [0.2, 0.25) is 0 Å². The van der Waals surface area contributed by atoms with Crippen molar-refractivity contribution in [3.05, 3.63) is 0 Å². The van der Waals surface area contributed by atoms with Crippen LogP contribution in [-0.4, -0.2) is 45.7 Å². The summed E-state index contributed by atoms with van der Waals surface area (Å²) in [4.78, 5) is 11.0. The Morgan fingerprint density at radius 2 is 1.93 bits per heavy atom. The molecule has 0 radical (unpaired) electrons. The molecule has 0 saturated carbocycles. The molecular weight excluding hydrogens is 198 g/mol. The first kappa shape index (κ1) is 14.3. The van der Waals surface area contributed by atoms with Crippen LogP contribution in [-0.2, 0) is 19.0 Å². The number of hydrogen-bond acceptors (Lipinski definition) is 5. The van der Waals surface area contributed by atoms with Crippen molar-refractivity contribution in [2.24, 2.45) is 0 Å². The van der Waals surface area contributed by atoms with E-state index in [0.29, 0.717) is 19.6 Å². The zero-order chi connectivity index (χ0) is 11.7. The highest BCUT2D eigenvalue weighted by molar-refractivity contribution is 5.69. The Balaban J connectivity index is 3.61. The van der Waals surface area contributed by atoms with Crippen molar-refractivity contribution < 1.29 is 19.0 Å². The number of methoxy groups -OCH3 is 2. The average Bonchev–Trinajstić information content (AvgIpc) is 2.20. The smallest absolute Gasteiger partial charge is 0.307 e. The summed E-state index contributed by atoms with van der Waals surface area (Å²) in [7, 11) is 3.16. The van der Waals surface area contributed by atoms with Crippen molar-refractivity contribution >= 4 is 5.97 Å². The van der Waals surface area contributed by atoms with E-state index < -0.39 is 0 Å². The third-order valence-electron chi connectivity index (χ3n) is 1.97. The molecule has 0 aromatic rings. The fourth-order valence-electron chi connectivity index (χ4n) is 1.24. The second-order valence-electron chi connectivity index (χ2n) is 3.14. The molecule has 0 heterocycles. The average molecular weight is 219 g/mol. The third-order valence-corrected chi connectivity index (χ3v) is 1.97. The number of rotatable bonds is 8. The normalized spacial score (nSPS) is 12.9. The molecule has 1 N–H and O–H groups in total. The lowest BCUT2D eigenvalue weighted by molar-refractivity contribution is -0.143. The van der Waals surface area contributed by atoms with Crippen molar-refractivity contribution in [2.75, 3.05) is 27.4 Å². The molecule has 5 nitrogen and oxygen atoms in total. The SMILES string of the molecule is CCOC(=O)CCNC(C)C(OC)OC. The largest absolute Gasteiger partial charge is 0.466 e. The van der Waals surface area contributed by atoms with E-state index in [1.807, 2.05) is 6.92 Å². The zero-order valence-corrected chi connectivity index (χ0v) is 9.91. The van der Waals surface area contributed by atoms with Crippen LogP contribution in [0.15, 0.2) is 0 Å². The van der Waals surface area contributed by atoms with Crippen molar-refractivity contribution in [3.8, 4) is 0 Å². The molecular formula is C10H21NO4. The van der Waals surface area contributed by atoms with Gasteiger partial charge < -0.3 is 19.5 Å². The summed E-state index contributed by atoms with van der Waals surface area (Å²) in [6, 6.07) is 0.0365. The van der Waals surface area contributed by atoms with Crippen LogP contribution in [0, 0.1) is 0 Å². The van der Waals surface area contributed by atoms with Crippen LogP contribution in [0.2, 0.25) is 0 Å². The highest BCUT2D eigenvalue weighted by Gasteiger charge is 2.15. The van der Waals surface area contributed by atoms with E-state index >= 15 is 0 Å². The fourth-order valence-corrected chi connectivity index (χ4v) is 1.24. The van der Waals surface area contributed by atoms with E-state index in [1.165, 1.54) is 0 Å². The lowest BCUT2D eigenvalue weighted by Crippen LogP contribution is -2.40. The van der Waals surface area contributed by atoms with Gasteiger partial charge in [-0.3, -0.25) is 4.79 Å². The molecule has 1 unspecified atom stereocenters. The maximum Gasteiger partial charge on any atom is 0.307 e. The van der Waals surface area contributed by atoms with Crippen LogP contribution in [0.5, 0.6) is 0 Å². The summed E-state index contributed by atoms with van der Waals surface area (Å²) in [6.45, 7) is 4.71. The molecule has 0 bridgehead atoms. The standard InChI is InChI=1S/C10H21NO4/c1-5-15-9(12)6-7-11-8(2)10(13-3)14-4/h8,10-11H,5-7H2,1-4H3. The summed E-state index contributed by atoms with van der Waals surface area (Å²) in [6.07, 6.45) is 0.0606. The van der Waals surface area contributed by atoms with Crippen LogP contribution in [0.25, 0.3) is 0 Å². The minimum atomic E-state index is -0.299. The van der Waals surface area contributed by atoms with E-state index in [-0.39, 0.29) is 18.3 Å². The summed E-state index contributed by atoms with van der Waals surface area (Å²) in [5.74, 6) is -0.191. The predicted octanol–water partition coefficient (Wildman–Crippen LogP) is 0.537. The number of hydrogen-bond donors (Lipinski definition) is 1. The Bertz CT molecular complexity index is 171. The van der Waals surface area contributed by atoms with Crippen molar-refractivity contribution in [2.45, 2.75) is 32.6 Å². The van der Waals surface area contributed by atoms with Gasteiger partial charge in [0, 0.05) is 20.8 Å². The van der Waals surface area contributed by atoms with Gasteiger partial charge in [-0.05, 0) is 13.8 Å². The van der Waals surface area contributed by atoms with Gasteiger partial charge >= 0.3 is 5.97 Å². The molecule has 0 aliphatic rings. The molecule has 15 heavy (non-hydrogen) atoms. The molecule has 5 heteroatoms. The van der Waals surface area contributed by atoms with Gasteiger partial charge in [0.1, 0.15) is 0 Å². The molecule has 0 aliphatic carbocycles. The first-order valence-electron chi connectivity index (χ1n) is 5.10. The Morgan fingerprint density at radius 3 is 2.40 bits per heavy atom. The minimum absolute atomic E-state index is 0.0365. The van der Waals surface area contributed by atoms with Crippen molar-refractivity contribution in [1.29, 1.82) is 0 Å². The van der Waals surface area contributed by atoms with E-state index in [9.17, 15) is 4.79 Å². The van der Waals surface area contributed by atoms with Crippen LogP contribution in [0.1, 0.15) is 20.3 Å². The van der Waals surface area contributed by atoms with E-state index in [2.05, 4.69) is 5.32 Å². The van der Waals surface area contributed by atoms with E-state index in [0.717, 1.165) is 0 Å². The van der Waals surface area contributed by atoms with Gasteiger partial charge in [0.05, 0.1) is 19.1 Å². The third kappa shape index (κ3) is 6.43. The Hall–Kier alpha value is -0.650. The van der Waals surface area contributed by atoms with Crippen molar-refractivity contribution in [3.63, 3.8) is 0 Å². The number of ether oxygens (including phenoxy) is 3. The predicted molar refractivity (Wildman–Crippen MR) is 56.5 cm³/mol. The summed E-state index contributed by atoms with van der Waals surface area (Å²) in [5.41, 5.74) is 0. The van der Waals surface area contributed by atoms with Gasteiger partial charge in [-0.25, -0.2) is 0 Å². The van der Waals surface area contributed by atoms with Gasteiger partial charge in [0.25, 0.3) is 0 Å². The van der Waals surface area contributed by atoms with E-state index in [4.69, 9.17) is 14.2 Å². The molecule has 0 aromatic carbocycles. The summed E-state index contributed by atoms with van der Waals surface area (Å²) in [5, 5.41) is 3.12. The highest BCUT2D eigenvalue weighted by Crippen LogP contribution is 1.98. The zero-order valence-electron chi connectivity index (χ0n) is 9.91. The molecule has 0 spiro atoms. The minimum Gasteiger partial charge on any atom is -0.466 e. The van der Waals surface area contributed by atoms with Crippen LogP contribution < -0.4 is 5.32 Å². The highest BCUT2D eigenvalue weighted by atomic mass is 16.7. The molecule has 0 aromatic heterocycles. The molecule has 1 atom stereocenters. The van der Waals surface area contributed by atoms with Gasteiger partial charge in [-0.1, -0.05) is 0 Å². The van der Waals surface area contributed by atoms with Gasteiger partial charge in [-0.15, -0.1) is 0 Å². The number of carbonyl (C=O) groups is 1. The maximum absolute atomic E-state index is 11.0. The van der Waals surface area contributed by atoms with E-state index in [1.54, 1.807) is 21.1 Å². The topological polar surface area (TPSA) is 56.8 Å². The van der Waals surface area contributed by atoms with Crippen molar-refractivity contribution in [1.82, 2.24) is 5.32 Å². The molecule has 0 rings (SSSR count). The molecule has 0 amide bonds. The second-order valence-corrected chi connectivity index (χ2v) is 3.14. The maximum atomic E-state index is 11.0. The fraction of sp³-hybridized carbons (Fsp3) is 0.900. The molecule has 90 valence electrons. The molecule has 0 aliphatic heterocycles. The number of carbonyl (C=O) groups excluding carboxylic acids is 1. The molecule has 0 fully saturated rings. The lowest BCUT2D eigenvalue weighted by atomic mass is 10.3.